The minimum absolute atomic E-state index is 0.170. The molecule has 0 unspecified atom stereocenters. The number of aryl methyl sites for hydroxylation is 1. The van der Waals surface area contributed by atoms with Gasteiger partial charge in [0.15, 0.2) is 0 Å². The van der Waals surface area contributed by atoms with E-state index in [1.165, 1.54) is 36.7 Å². The van der Waals surface area contributed by atoms with Crippen LogP contribution in [-0.2, 0) is 5.75 Å². The highest BCUT2D eigenvalue weighted by Crippen LogP contribution is 2.34. The molecule has 0 spiro atoms. The fourth-order valence-electron chi connectivity index (χ4n) is 3.02. The number of hydrogen-bond donors (Lipinski definition) is 1. The summed E-state index contributed by atoms with van der Waals surface area (Å²) in [5.74, 6) is 0.345. The number of hydrogen-bond acceptors (Lipinski definition) is 4. The lowest BCUT2D eigenvalue weighted by atomic mass is 10.1. The molecular weight excluding hydrogens is 327 g/mol. The number of thioether (sulfide) groups is 1. The summed E-state index contributed by atoms with van der Waals surface area (Å²) in [6.45, 7) is 1.73. The first-order valence-corrected chi connectivity index (χ1v) is 9.02. The molecule has 0 radical (unpaired) electrons. The monoisotopic (exact) mass is 346 g/mol. The van der Waals surface area contributed by atoms with Crippen molar-refractivity contribution >= 4 is 17.7 Å². The SMILES string of the molecule is Cc1nc(C2CCCC2)nc(SCc2ccc(F)cc2)c1C(=O)O. The normalized spacial score (nSPS) is 14.9. The van der Waals surface area contributed by atoms with Gasteiger partial charge in [-0.3, -0.25) is 0 Å². The number of rotatable bonds is 5. The van der Waals surface area contributed by atoms with E-state index in [0.717, 1.165) is 24.2 Å². The first-order chi connectivity index (χ1) is 11.5. The van der Waals surface area contributed by atoms with Crippen molar-refractivity contribution in [3.8, 4) is 0 Å². The van der Waals surface area contributed by atoms with E-state index >= 15 is 0 Å². The molecule has 1 aliphatic carbocycles. The van der Waals surface area contributed by atoms with Crippen molar-refractivity contribution in [1.82, 2.24) is 9.97 Å². The van der Waals surface area contributed by atoms with Gasteiger partial charge in [0.25, 0.3) is 0 Å². The fraction of sp³-hybridized carbons (Fsp3) is 0.389. The summed E-state index contributed by atoms with van der Waals surface area (Å²) in [5.41, 5.74) is 1.61. The lowest BCUT2D eigenvalue weighted by Gasteiger charge is -2.13. The van der Waals surface area contributed by atoms with Crippen LogP contribution in [0.3, 0.4) is 0 Å². The molecule has 1 aliphatic rings. The average molecular weight is 346 g/mol. The lowest BCUT2D eigenvalue weighted by molar-refractivity contribution is 0.0690. The third-order valence-corrected chi connectivity index (χ3v) is 5.34. The van der Waals surface area contributed by atoms with Gasteiger partial charge in [-0.05, 0) is 37.5 Å². The Morgan fingerprint density at radius 1 is 1.25 bits per heavy atom. The zero-order valence-corrected chi connectivity index (χ0v) is 14.3. The summed E-state index contributed by atoms with van der Waals surface area (Å²) in [7, 11) is 0. The molecule has 24 heavy (non-hydrogen) atoms. The molecular formula is C18H19FN2O2S. The largest absolute Gasteiger partial charge is 0.478 e. The van der Waals surface area contributed by atoms with Crippen molar-refractivity contribution < 1.29 is 14.3 Å². The summed E-state index contributed by atoms with van der Waals surface area (Å²) in [6.07, 6.45) is 4.47. The van der Waals surface area contributed by atoms with Crippen LogP contribution in [-0.4, -0.2) is 21.0 Å². The van der Waals surface area contributed by atoms with E-state index in [1.54, 1.807) is 19.1 Å². The van der Waals surface area contributed by atoms with Gasteiger partial charge in [-0.2, -0.15) is 0 Å². The highest BCUT2D eigenvalue weighted by atomic mass is 32.2. The van der Waals surface area contributed by atoms with Gasteiger partial charge in [0.1, 0.15) is 22.2 Å². The van der Waals surface area contributed by atoms with Crippen molar-refractivity contribution in [2.75, 3.05) is 0 Å². The van der Waals surface area contributed by atoms with E-state index in [4.69, 9.17) is 0 Å². The summed E-state index contributed by atoms with van der Waals surface area (Å²) in [4.78, 5) is 20.6. The molecule has 1 aromatic carbocycles. The molecule has 0 aliphatic heterocycles. The van der Waals surface area contributed by atoms with E-state index in [9.17, 15) is 14.3 Å². The maximum absolute atomic E-state index is 13.0. The van der Waals surface area contributed by atoms with E-state index in [-0.39, 0.29) is 11.4 Å². The summed E-state index contributed by atoms with van der Waals surface area (Å²) in [5, 5.41) is 9.99. The Morgan fingerprint density at radius 2 is 1.92 bits per heavy atom. The molecule has 0 atom stereocenters. The standard InChI is InChI=1S/C18H19FN2O2S/c1-11-15(18(22)23)17(21-16(20-11)13-4-2-3-5-13)24-10-12-6-8-14(19)9-7-12/h6-9,13H,2-5,10H2,1H3,(H,22,23). The minimum atomic E-state index is -1.01. The van der Waals surface area contributed by atoms with Gasteiger partial charge in [0.05, 0.1) is 5.69 Å². The van der Waals surface area contributed by atoms with E-state index < -0.39 is 5.97 Å². The third-order valence-electron chi connectivity index (χ3n) is 4.30. The van der Waals surface area contributed by atoms with Crippen molar-refractivity contribution in [1.29, 1.82) is 0 Å². The number of aromatic carboxylic acids is 1. The molecule has 0 amide bonds. The zero-order valence-electron chi connectivity index (χ0n) is 13.5. The average Bonchev–Trinajstić information content (AvgIpc) is 3.08. The number of aromatic nitrogens is 2. The van der Waals surface area contributed by atoms with E-state index in [1.807, 2.05) is 0 Å². The molecule has 0 saturated heterocycles. The number of carboxylic acid groups (broad SMARTS) is 1. The molecule has 4 nitrogen and oxygen atoms in total. The van der Waals surface area contributed by atoms with Crippen molar-refractivity contribution in [2.45, 2.75) is 49.3 Å². The fourth-order valence-corrected chi connectivity index (χ4v) is 4.05. The number of nitrogens with zero attached hydrogens (tertiary/aromatic N) is 2. The molecule has 0 bridgehead atoms. The van der Waals surface area contributed by atoms with Gasteiger partial charge in [-0.15, -0.1) is 11.8 Å². The topological polar surface area (TPSA) is 63.1 Å². The van der Waals surface area contributed by atoms with Gasteiger partial charge < -0.3 is 5.11 Å². The number of benzene rings is 1. The Morgan fingerprint density at radius 3 is 2.54 bits per heavy atom. The molecule has 126 valence electrons. The molecule has 1 N–H and O–H groups in total. The summed E-state index contributed by atoms with van der Waals surface area (Å²) < 4.78 is 13.0. The second kappa shape index (κ2) is 7.30. The molecule has 2 aromatic rings. The molecule has 1 saturated carbocycles. The van der Waals surface area contributed by atoms with Crippen LogP contribution in [0.2, 0.25) is 0 Å². The summed E-state index contributed by atoms with van der Waals surface area (Å²) >= 11 is 1.37. The van der Waals surface area contributed by atoms with Crippen LogP contribution < -0.4 is 0 Å². The first kappa shape index (κ1) is 16.9. The van der Waals surface area contributed by atoms with Crippen LogP contribution in [0, 0.1) is 12.7 Å². The number of carboxylic acids is 1. The molecule has 1 heterocycles. The second-order valence-electron chi connectivity index (χ2n) is 6.05. The Balaban J connectivity index is 1.88. The van der Waals surface area contributed by atoms with Crippen LogP contribution in [0.15, 0.2) is 29.3 Å². The molecule has 1 fully saturated rings. The van der Waals surface area contributed by atoms with Crippen LogP contribution in [0.25, 0.3) is 0 Å². The third kappa shape index (κ3) is 3.75. The smallest absolute Gasteiger partial charge is 0.340 e. The van der Waals surface area contributed by atoms with Crippen LogP contribution in [0.1, 0.15) is 59.0 Å². The Bertz CT molecular complexity index is 743. The summed E-state index contributed by atoms with van der Waals surface area (Å²) in [6, 6.07) is 6.22. The zero-order chi connectivity index (χ0) is 17.1. The van der Waals surface area contributed by atoms with Gasteiger partial charge in [-0.1, -0.05) is 25.0 Å². The molecule has 6 heteroatoms. The predicted octanol–water partition coefficient (Wildman–Crippen LogP) is 4.57. The van der Waals surface area contributed by atoms with Gasteiger partial charge in [0.2, 0.25) is 0 Å². The first-order valence-electron chi connectivity index (χ1n) is 8.03. The van der Waals surface area contributed by atoms with Crippen molar-refractivity contribution in [3.05, 3.63) is 52.7 Å². The van der Waals surface area contributed by atoms with E-state index in [0.29, 0.717) is 22.4 Å². The quantitative estimate of drug-likeness (QED) is 0.634. The Labute approximate surface area is 144 Å². The maximum atomic E-state index is 13.0. The Kier molecular flexibility index (Phi) is 5.14. The minimum Gasteiger partial charge on any atom is -0.478 e. The predicted molar refractivity (Wildman–Crippen MR) is 90.9 cm³/mol. The molecule has 1 aromatic heterocycles. The van der Waals surface area contributed by atoms with Gasteiger partial charge in [-0.25, -0.2) is 19.2 Å². The number of carbonyl (C=O) groups is 1. The Hall–Kier alpha value is -1.95. The second-order valence-corrected chi connectivity index (χ2v) is 7.01. The van der Waals surface area contributed by atoms with Crippen LogP contribution >= 0.6 is 11.8 Å². The van der Waals surface area contributed by atoms with Crippen molar-refractivity contribution in [3.63, 3.8) is 0 Å². The van der Waals surface area contributed by atoms with Crippen LogP contribution in [0.4, 0.5) is 4.39 Å². The van der Waals surface area contributed by atoms with Gasteiger partial charge >= 0.3 is 5.97 Å². The van der Waals surface area contributed by atoms with Gasteiger partial charge in [0, 0.05) is 11.7 Å². The van der Waals surface area contributed by atoms with Crippen molar-refractivity contribution in [2.24, 2.45) is 0 Å². The highest BCUT2D eigenvalue weighted by Gasteiger charge is 2.24. The van der Waals surface area contributed by atoms with E-state index in [2.05, 4.69) is 9.97 Å². The molecule has 3 rings (SSSR count). The lowest BCUT2D eigenvalue weighted by Crippen LogP contribution is -2.11. The van der Waals surface area contributed by atoms with Crippen LogP contribution in [0.5, 0.6) is 0 Å². The maximum Gasteiger partial charge on any atom is 0.340 e. The number of halogens is 1. The highest BCUT2D eigenvalue weighted by molar-refractivity contribution is 7.98.